The van der Waals surface area contributed by atoms with Crippen molar-refractivity contribution in [1.82, 2.24) is 0 Å². The Labute approximate surface area is 156 Å². The molecule has 26 heavy (non-hydrogen) atoms. The molecule has 5 rings (SSSR count). The number of rotatable bonds is 2. The van der Waals surface area contributed by atoms with Gasteiger partial charge in [0.05, 0.1) is 6.61 Å². The molecule has 2 saturated carbocycles. The number of hydrogen-bond donors (Lipinski definition) is 0. The van der Waals surface area contributed by atoms with Gasteiger partial charge >= 0.3 is 0 Å². The van der Waals surface area contributed by atoms with Gasteiger partial charge in [-0.1, -0.05) is 13.0 Å². The second-order valence-electron chi connectivity index (χ2n) is 9.11. The molecule has 140 valence electrons. The number of Topliss-reactive ketones (excluding diaryl/α,β-unsaturated/α-hetero) is 1. The Bertz CT molecular complexity index is 705. The normalized spacial score (nSPS) is 39.0. The van der Waals surface area contributed by atoms with Crippen molar-refractivity contribution in [2.75, 3.05) is 6.61 Å². The molecule has 4 aliphatic rings. The van der Waals surface area contributed by atoms with Crippen molar-refractivity contribution in [3.05, 3.63) is 29.3 Å². The van der Waals surface area contributed by atoms with Crippen LogP contribution in [0.4, 0.5) is 0 Å². The predicted octanol–water partition coefficient (Wildman–Crippen LogP) is 5.02. The third-order valence-corrected chi connectivity index (χ3v) is 7.81. The smallest absolute Gasteiger partial charge is 0.199 e. The SMILES string of the molecule is CC12CCC3c4ccc(OC5CCCCO5)cc4CCC3C1CCC2=O. The van der Waals surface area contributed by atoms with Gasteiger partial charge in [-0.05, 0) is 86.0 Å². The molecule has 5 atom stereocenters. The van der Waals surface area contributed by atoms with Crippen LogP contribution in [-0.4, -0.2) is 18.7 Å². The Balaban J connectivity index is 1.37. The topological polar surface area (TPSA) is 35.5 Å². The van der Waals surface area contributed by atoms with E-state index < -0.39 is 0 Å². The van der Waals surface area contributed by atoms with Gasteiger partial charge in [-0.15, -0.1) is 0 Å². The van der Waals surface area contributed by atoms with Gasteiger partial charge in [0.25, 0.3) is 0 Å². The highest BCUT2D eigenvalue weighted by Crippen LogP contribution is 2.59. The Morgan fingerprint density at radius 3 is 2.88 bits per heavy atom. The van der Waals surface area contributed by atoms with Crippen LogP contribution in [0.1, 0.15) is 75.3 Å². The Kier molecular flexibility index (Phi) is 4.11. The van der Waals surface area contributed by atoms with Gasteiger partial charge in [0.1, 0.15) is 11.5 Å². The van der Waals surface area contributed by atoms with Gasteiger partial charge in [0, 0.05) is 18.3 Å². The van der Waals surface area contributed by atoms with E-state index in [-0.39, 0.29) is 11.7 Å². The number of ether oxygens (including phenoxy) is 2. The minimum Gasteiger partial charge on any atom is -0.465 e. The molecule has 0 spiro atoms. The summed E-state index contributed by atoms with van der Waals surface area (Å²) in [7, 11) is 0. The van der Waals surface area contributed by atoms with E-state index in [4.69, 9.17) is 9.47 Å². The minimum absolute atomic E-state index is 0.0277. The summed E-state index contributed by atoms with van der Waals surface area (Å²) in [5.74, 6) is 3.44. The highest BCUT2D eigenvalue weighted by Gasteiger charge is 2.54. The van der Waals surface area contributed by atoms with Crippen LogP contribution < -0.4 is 4.74 Å². The van der Waals surface area contributed by atoms with E-state index in [0.29, 0.717) is 23.5 Å². The maximum atomic E-state index is 12.5. The Morgan fingerprint density at radius 2 is 2.04 bits per heavy atom. The van der Waals surface area contributed by atoms with Crippen LogP contribution in [0.25, 0.3) is 0 Å². The molecule has 1 heterocycles. The fourth-order valence-electron chi connectivity index (χ4n) is 6.36. The van der Waals surface area contributed by atoms with Gasteiger partial charge in [-0.2, -0.15) is 0 Å². The van der Waals surface area contributed by atoms with E-state index in [9.17, 15) is 4.79 Å². The summed E-state index contributed by atoms with van der Waals surface area (Å²) in [6.07, 6.45) is 9.79. The zero-order valence-corrected chi connectivity index (χ0v) is 15.8. The van der Waals surface area contributed by atoms with Crippen molar-refractivity contribution in [3.8, 4) is 5.75 Å². The highest BCUT2D eigenvalue weighted by molar-refractivity contribution is 5.87. The summed E-state index contributed by atoms with van der Waals surface area (Å²) in [5.41, 5.74) is 2.96. The van der Waals surface area contributed by atoms with Gasteiger partial charge in [0.15, 0.2) is 6.29 Å². The molecule has 0 N–H and O–H groups in total. The molecule has 3 nitrogen and oxygen atoms in total. The maximum absolute atomic E-state index is 12.5. The zero-order valence-electron chi connectivity index (χ0n) is 15.8. The van der Waals surface area contributed by atoms with E-state index in [1.54, 1.807) is 0 Å². The Morgan fingerprint density at radius 1 is 1.12 bits per heavy atom. The number of ketones is 1. The number of aryl methyl sites for hydroxylation is 1. The molecule has 1 aromatic carbocycles. The first-order valence-electron chi connectivity index (χ1n) is 10.6. The van der Waals surface area contributed by atoms with Crippen LogP contribution in [0.2, 0.25) is 0 Å². The van der Waals surface area contributed by atoms with E-state index in [2.05, 4.69) is 25.1 Å². The van der Waals surface area contributed by atoms with E-state index in [1.165, 1.54) is 30.4 Å². The average Bonchev–Trinajstić information content (AvgIpc) is 2.97. The second kappa shape index (κ2) is 6.37. The summed E-state index contributed by atoms with van der Waals surface area (Å²) >= 11 is 0. The van der Waals surface area contributed by atoms with Gasteiger partial charge in [-0.25, -0.2) is 0 Å². The first-order chi connectivity index (χ1) is 12.6. The monoisotopic (exact) mass is 354 g/mol. The minimum atomic E-state index is -0.0713. The fraction of sp³-hybridized carbons (Fsp3) is 0.696. The molecule has 3 heteroatoms. The molecule has 1 saturated heterocycles. The molecule has 0 bridgehead atoms. The summed E-state index contributed by atoms with van der Waals surface area (Å²) < 4.78 is 11.8. The third kappa shape index (κ3) is 2.62. The van der Waals surface area contributed by atoms with Gasteiger partial charge in [-0.3, -0.25) is 4.79 Å². The standard InChI is InChI=1S/C23H30O3/c1-23-12-11-18-17-8-6-16(26-22-4-2-3-13-25-22)14-15(17)5-7-19(18)20(23)9-10-21(23)24/h6,8,14,18-20,22H,2-5,7,9-13H2,1H3. The molecule has 0 amide bonds. The average molecular weight is 354 g/mol. The van der Waals surface area contributed by atoms with E-state index in [1.807, 2.05) is 0 Å². The second-order valence-corrected chi connectivity index (χ2v) is 9.11. The van der Waals surface area contributed by atoms with Crippen molar-refractivity contribution >= 4 is 5.78 Å². The van der Waals surface area contributed by atoms with Crippen molar-refractivity contribution < 1.29 is 14.3 Å². The van der Waals surface area contributed by atoms with E-state index >= 15 is 0 Å². The lowest BCUT2D eigenvalue weighted by Gasteiger charge is -2.48. The number of fused-ring (bicyclic) bond motifs is 5. The van der Waals surface area contributed by atoms with Crippen LogP contribution >= 0.6 is 0 Å². The van der Waals surface area contributed by atoms with Crippen molar-refractivity contribution in [2.45, 2.75) is 76.9 Å². The quantitative estimate of drug-likeness (QED) is 0.748. The molecule has 5 unspecified atom stereocenters. The van der Waals surface area contributed by atoms with Crippen molar-refractivity contribution in [3.63, 3.8) is 0 Å². The lowest BCUT2D eigenvalue weighted by atomic mass is 9.55. The fourth-order valence-corrected chi connectivity index (χ4v) is 6.36. The molecule has 3 fully saturated rings. The van der Waals surface area contributed by atoms with Crippen molar-refractivity contribution in [1.29, 1.82) is 0 Å². The first kappa shape index (κ1) is 16.8. The van der Waals surface area contributed by atoms with Gasteiger partial charge < -0.3 is 9.47 Å². The number of carbonyl (C=O) groups excluding carboxylic acids is 1. The maximum Gasteiger partial charge on any atom is 0.199 e. The van der Waals surface area contributed by atoms with Crippen molar-refractivity contribution in [2.24, 2.45) is 17.3 Å². The van der Waals surface area contributed by atoms with E-state index in [0.717, 1.165) is 50.9 Å². The van der Waals surface area contributed by atoms with Crippen LogP contribution in [0.3, 0.4) is 0 Å². The van der Waals surface area contributed by atoms with Crippen LogP contribution in [0.5, 0.6) is 5.75 Å². The predicted molar refractivity (Wildman–Crippen MR) is 100 cm³/mol. The van der Waals surface area contributed by atoms with Crippen LogP contribution in [0.15, 0.2) is 18.2 Å². The lowest BCUT2D eigenvalue weighted by molar-refractivity contribution is -0.129. The van der Waals surface area contributed by atoms with Crippen LogP contribution in [-0.2, 0) is 16.0 Å². The number of hydrogen-bond acceptors (Lipinski definition) is 3. The molecule has 0 radical (unpaired) electrons. The summed E-state index contributed by atoms with van der Waals surface area (Å²) in [4.78, 5) is 12.5. The summed E-state index contributed by atoms with van der Waals surface area (Å²) in [6, 6.07) is 6.72. The Hall–Kier alpha value is -1.35. The summed E-state index contributed by atoms with van der Waals surface area (Å²) in [6.45, 7) is 3.07. The number of benzene rings is 1. The third-order valence-electron chi connectivity index (χ3n) is 7.81. The van der Waals surface area contributed by atoms with Gasteiger partial charge in [0.2, 0.25) is 0 Å². The molecule has 0 aromatic heterocycles. The molecular formula is C23H30O3. The molecular weight excluding hydrogens is 324 g/mol. The lowest BCUT2D eigenvalue weighted by Crippen LogP contribution is -2.42. The zero-order chi connectivity index (χ0) is 17.7. The molecule has 1 aromatic rings. The largest absolute Gasteiger partial charge is 0.465 e. The molecule has 3 aliphatic carbocycles. The molecule has 1 aliphatic heterocycles. The van der Waals surface area contributed by atoms with Crippen LogP contribution in [0, 0.1) is 17.3 Å². The summed E-state index contributed by atoms with van der Waals surface area (Å²) in [5, 5.41) is 0. The highest BCUT2D eigenvalue weighted by atomic mass is 16.7. The number of carbonyl (C=O) groups is 1. The first-order valence-corrected chi connectivity index (χ1v) is 10.6.